The molecular weight excluding hydrogens is 1540 g/mol. The van der Waals surface area contributed by atoms with Crippen LogP contribution in [0.5, 0.6) is 0 Å². The number of imidazole rings is 2. The van der Waals surface area contributed by atoms with Gasteiger partial charge < -0.3 is 121 Å². The lowest BCUT2D eigenvalue weighted by molar-refractivity contribution is -0.143. The van der Waals surface area contributed by atoms with Crippen molar-refractivity contribution >= 4 is 150 Å². The van der Waals surface area contributed by atoms with Crippen LogP contribution in [0.1, 0.15) is 91.0 Å². The van der Waals surface area contributed by atoms with Crippen molar-refractivity contribution in [3.05, 3.63) is 36.4 Å². The first kappa shape index (κ1) is 90.0. The number of aromatic amines is 2. The minimum absolute atomic E-state index is 0.0432. The summed E-state index contributed by atoms with van der Waals surface area (Å²) in [5, 5.41) is 63.1. The number of carbonyl (C=O) groups is 18. The molecule has 15 atom stereocenters. The Balaban J connectivity index is 1.44. The molecule has 47 heteroatoms. The average Bonchev–Trinajstić information content (AvgIpc) is 1.73. The third-order valence-electron chi connectivity index (χ3n) is 17.9. The number of aromatic nitrogens is 4. The van der Waals surface area contributed by atoms with Crippen LogP contribution in [-0.4, -0.2) is 298 Å². The number of rotatable bonds is 16. The molecule has 0 unspecified atom stereocenters. The van der Waals surface area contributed by atoms with Gasteiger partial charge in [0.05, 0.1) is 38.8 Å². The van der Waals surface area contributed by atoms with Crippen LogP contribution in [0.2, 0.25) is 0 Å². The van der Waals surface area contributed by atoms with Gasteiger partial charge in [0.2, 0.25) is 100 Å². The number of amides is 17. The van der Waals surface area contributed by atoms with Gasteiger partial charge in [0, 0.05) is 79.1 Å². The summed E-state index contributed by atoms with van der Waals surface area (Å²) in [6.07, 6.45) is 2.71. The number of carboxylic acid groups (broad SMARTS) is 1. The quantitative estimate of drug-likeness (QED) is 0.0694. The summed E-state index contributed by atoms with van der Waals surface area (Å²) in [7, 11) is 3.16. The number of nitrogens with two attached hydrogens (primary N) is 3. The number of carbonyl (C=O) groups excluding carboxylic acids is 17. The molecule has 4 aliphatic heterocycles. The maximum Gasteiger partial charge on any atom is 0.303 e. The second kappa shape index (κ2) is 43.7. The van der Waals surface area contributed by atoms with E-state index in [0.29, 0.717) is 5.69 Å². The standard InChI is InChI=1S/C64H96N22O21S4/c1-28(2)48-61(104)75-34(16-45(66)89)53(96)76-35(14-31-18-68-26-70-31)63(106)86-13-7-9-44(86)60(103)74-33(10-11-47(91)92)52(95)83-49(29(3)4)62(105)80-39(50(67)93)22-108-110-25-42-58(101)78-37(20-87)54(97)77-36(15-32-19-69-27-71-32)64(107)85-12-6-8-43(85)59(102)72-30(5)51(94)81-41(57(100)79-38(21-88)55(98)84-48)24-111-109-23-40(56(99)82-42)73-46(90)17-65/h18-19,26-30,33-44,48-49,87-88H,6-17,20-25,65H2,1-5H3,(H2,66,89)(H2,67,93)(H,68,70)(H,69,71)(H,72,102)(H,73,90)(H,74,103)(H,75,104)(H,76,96)(H,77,97)(H,78,101)(H,79,100)(H,80,105)(H,81,94)(H,82,99)(H,83,95)(H,84,98)(H,91,92)/t30-,33-,34-,35-,36-,37-,38-,39-,40-,41-,42-,43-,44-,48-,49-/m0/s1. The molecule has 0 saturated carbocycles. The van der Waals surface area contributed by atoms with E-state index < -0.39 is 271 Å². The maximum absolute atomic E-state index is 14.8. The molecule has 0 aliphatic carbocycles. The van der Waals surface area contributed by atoms with E-state index in [9.17, 15) is 102 Å². The molecule has 43 nitrogen and oxygen atoms in total. The molecular formula is C64H96N22O21S4. The van der Waals surface area contributed by atoms with E-state index in [1.165, 1.54) is 59.7 Å². The highest BCUT2D eigenvalue weighted by Crippen LogP contribution is 2.27. The summed E-state index contributed by atoms with van der Waals surface area (Å²) in [6, 6.07) is -24.7. The molecule has 0 spiro atoms. The fourth-order valence-corrected chi connectivity index (χ4v) is 16.5. The van der Waals surface area contributed by atoms with Gasteiger partial charge in [-0.2, -0.15) is 0 Å². The first-order valence-corrected chi connectivity index (χ1v) is 40.3. The monoisotopic (exact) mass is 1640 g/mol. The zero-order chi connectivity index (χ0) is 81.9. The van der Waals surface area contributed by atoms with Crippen molar-refractivity contribution < 1.29 is 102 Å². The number of aliphatic hydroxyl groups is 2. The molecule has 6 heterocycles. The van der Waals surface area contributed by atoms with Crippen molar-refractivity contribution in [2.75, 3.05) is 55.9 Å². The third kappa shape index (κ3) is 27.0. The van der Waals surface area contributed by atoms with Crippen molar-refractivity contribution in [1.82, 2.24) is 98.9 Å². The Morgan fingerprint density at radius 1 is 0.514 bits per heavy atom. The van der Waals surface area contributed by atoms with Crippen LogP contribution < -0.4 is 86.3 Å². The molecule has 24 N–H and O–H groups in total. The zero-order valence-corrected chi connectivity index (χ0v) is 64.5. The molecule has 4 saturated heterocycles. The zero-order valence-electron chi connectivity index (χ0n) is 61.2. The van der Waals surface area contributed by atoms with Crippen LogP contribution >= 0.6 is 43.2 Å². The number of aliphatic hydroxyl groups excluding tert-OH is 2. The van der Waals surface area contributed by atoms with Gasteiger partial charge in [0.25, 0.3) is 0 Å². The van der Waals surface area contributed by atoms with E-state index in [2.05, 4.69) is 89.1 Å². The molecule has 2 aromatic heterocycles. The van der Waals surface area contributed by atoms with Crippen LogP contribution in [0.4, 0.5) is 0 Å². The molecule has 17 amide bonds. The number of primary amides is 2. The number of fused-ring (bicyclic) bond motifs is 10. The molecule has 6 rings (SSSR count). The largest absolute Gasteiger partial charge is 0.481 e. The fraction of sp³-hybridized carbons (Fsp3) is 0.625. The molecule has 4 aliphatic rings. The lowest BCUT2D eigenvalue weighted by atomic mass is 10.0. The normalized spacial score (nSPS) is 28.1. The number of H-pyrrole nitrogens is 2. The van der Waals surface area contributed by atoms with Crippen LogP contribution in [-0.2, 0) is 99.1 Å². The van der Waals surface area contributed by atoms with Crippen molar-refractivity contribution in [3.8, 4) is 0 Å². The lowest BCUT2D eigenvalue weighted by Gasteiger charge is -2.31. The van der Waals surface area contributed by atoms with E-state index in [0.717, 1.165) is 53.0 Å². The fourth-order valence-electron chi connectivity index (χ4n) is 11.8. The predicted molar refractivity (Wildman–Crippen MR) is 397 cm³/mol. The summed E-state index contributed by atoms with van der Waals surface area (Å²) in [6.45, 7) is 3.96. The average molecular weight is 1640 g/mol. The molecule has 612 valence electrons. The van der Waals surface area contributed by atoms with E-state index in [4.69, 9.17) is 17.2 Å². The molecule has 111 heavy (non-hydrogen) atoms. The number of nitrogens with zero attached hydrogens (tertiary/aromatic N) is 4. The highest BCUT2D eigenvalue weighted by atomic mass is 33.1. The topological polar surface area (TPSA) is 666 Å². The highest BCUT2D eigenvalue weighted by Gasteiger charge is 2.44. The van der Waals surface area contributed by atoms with Crippen molar-refractivity contribution in [3.63, 3.8) is 0 Å². The lowest BCUT2D eigenvalue weighted by Crippen LogP contribution is -2.62. The molecule has 0 aromatic carbocycles. The Labute approximate surface area is 651 Å². The first-order chi connectivity index (χ1) is 52.6. The van der Waals surface area contributed by atoms with Gasteiger partial charge in [-0.25, -0.2) is 9.97 Å². The second-order valence-electron chi connectivity index (χ2n) is 27.0. The number of aliphatic carboxylic acids is 1. The number of hydrogen-bond acceptors (Lipinski definition) is 27. The summed E-state index contributed by atoms with van der Waals surface area (Å²) >= 11 is 0. The first-order valence-electron chi connectivity index (χ1n) is 35.3. The number of carboxylic acids is 1. The Bertz CT molecular complexity index is 3700. The SMILES string of the molecule is CC(C)[C@@H]1NC(=O)[C@H](CCC(=O)O)NC(=O)[C@@H]2CCCN2C(=O)[C@H](Cc2cnc[nH]2)NC(=O)[C@H](CC(N)=O)NC(=O)[C@H](C(C)C)NC(=O)[C@H](CO)NC(=O)[C@@H]2CSSC[C@H](NC(=O)CN)C(=O)N[C@@H](CSSC[C@@H](C(N)=O)NC1=O)C(=O)N[C@@H](CO)C(=O)N[C@@H](Cc1cnc[nH]1)C(=O)N1CCC[C@H]1C(=O)N[C@@H](C)C(=O)N2. The van der Waals surface area contributed by atoms with Crippen LogP contribution in [0.3, 0.4) is 0 Å². The Hall–Kier alpha value is -9.84. The Morgan fingerprint density at radius 2 is 0.937 bits per heavy atom. The van der Waals surface area contributed by atoms with Crippen LogP contribution in [0.25, 0.3) is 0 Å². The Kier molecular flexibility index (Phi) is 35.4. The Morgan fingerprint density at radius 3 is 1.39 bits per heavy atom. The summed E-state index contributed by atoms with van der Waals surface area (Å²) in [5.74, 6) is -23.0. The van der Waals surface area contributed by atoms with E-state index >= 15 is 0 Å². The van der Waals surface area contributed by atoms with Crippen molar-refractivity contribution in [2.24, 2.45) is 29.0 Å². The smallest absolute Gasteiger partial charge is 0.303 e. The van der Waals surface area contributed by atoms with E-state index in [1.54, 1.807) is 0 Å². The van der Waals surface area contributed by atoms with Crippen LogP contribution in [0.15, 0.2) is 25.0 Å². The summed E-state index contributed by atoms with van der Waals surface area (Å²) in [4.78, 5) is 269. The number of hydrogen-bond donors (Lipinski definition) is 21. The van der Waals surface area contributed by atoms with E-state index in [1.807, 2.05) is 0 Å². The predicted octanol–water partition coefficient (Wildman–Crippen LogP) is -9.51. The molecule has 2 aromatic rings. The minimum atomic E-state index is -1.95. The minimum Gasteiger partial charge on any atom is -0.481 e. The van der Waals surface area contributed by atoms with Gasteiger partial charge in [-0.15, -0.1) is 0 Å². The molecule has 0 radical (unpaired) electrons. The summed E-state index contributed by atoms with van der Waals surface area (Å²) < 4.78 is 0. The van der Waals surface area contributed by atoms with E-state index in [-0.39, 0.29) is 57.3 Å². The van der Waals surface area contributed by atoms with Gasteiger partial charge in [-0.3, -0.25) is 86.3 Å². The van der Waals surface area contributed by atoms with Gasteiger partial charge in [-0.05, 0) is 50.9 Å². The second-order valence-corrected chi connectivity index (χ2v) is 32.1. The van der Waals surface area contributed by atoms with Crippen molar-refractivity contribution in [1.29, 1.82) is 0 Å². The van der Waals surface area contributed by atoms with Gasteiger partial charge in [0.15, 0.2) is 0 Å². The molecule has 4 fully saturated rings. The van der Waals surface area contributed by atoms with Crippen molar-refractivity contribution in [2.45, 2.75) is 183 Å². The maximum atomic E-state index is 14.8. The highest BCUT2D eigenvalue weighted by molar-refractivity contribution is 8.77. The van der Waals surface area contributed by atoms with Gasteiger partial charge in [-0.1, -0.05) is 70.9 Å². The van der Waals surface area contributed by atoms with Crippen LogP contribution in [0, 0.1) is 11.8 Å². The van der Waals surface area contributed by atoms with Gasteiger partial charge in [0.1, 0.15) is 90.6 Å². The molecule has 2 bridgehead atoms. The number of nitrogens with one attached hydrogen (secondary N) is 15. The third-order valence-corrected chi connectivity index (χ3v) is 22.8. The summed E-state index contributed by atoms with van der Waals surface area (Å²) in [5.41, 5.74) is 17.6. The van der Waals surface area contributed by atoms with Gasteiger partial charge >= 0.3 is 5.97 Å².